The van der Waals surface area contributed by atoms with E-state index >= 15 is 0 Å². The molecule has 1 heteroatoms. The number of benzene rings is 1. The van der Waals surface area contributed by atoms with Gasteiger partial charge < -0.3 is 0 Å². The minimum atomic E-state index is 0. The van der Waals surface area contributed by atoms with Crippen molar-refractivity contribution in [1.29, 1.82) is 0 Å². The van der Waals surface area contributed by atoms with E-state index in [0.29, 0.717) is 0 Å². The second-order valence-electron chi connectivity index (χ2n) is 1.08. The van der Waals surface area contributed by atoms with Crippen LogP contribution in [0, 0.1) is 6.07 Å². The third-order valence-electron chi connectivity index (χ3n) is 0.607. The first kappa shape index (κ1) is 12.7. The molecule has 0 atom stereocenters. The van der Waals surface area contributed by atoms with Crippen LogP contribution >= 0.6 is 0 Å². The SMILES string of the molecule is CC.[Rb+].[c-]1ccccc1. The quantitative estimate of drug-likeness (QED) is 0.487. The third kappa shape index (κ3) is 9.03. The second kappa shape index (κ2) is 11.8. The van der Waals surface area contributed by atoms with Gasteiger partial charge in [0.2, 0.25) is 0 Å². The van der Waals surface area contributed by atoms with Crippen molar-refractivity contribution in [1.82, 2.24) is 0 Å². The Morgan fingerprint density at radius 1 is 0.889 bits per heavy atom. The van der Waals surface area contributed by atoms with Gasteiger partial charge in [-0.2, -0.15) is 36.4 Å². The summed E-state index contributed by atoms with van der Waals surface area (Å²) in [6, 6.07) is 12.5. The van der Waals surface area contributed by atoms with Gasteiger partial charge in [0, 0.05) is 0 Å². The molecule has 0 aliphatic carbocycles. The molecule has 0 nitrogen and oxygen atoms in total. The molecule has 0 amide bonds. The molecule has 1 rings (SSSR count). The standard InChI is InChI=1S/C6H5.C2H6.Rb/c1-2-4-6-5-3-1;1-2;/h1-5H;1-2H3;/q-1;;+1. The Morgan fingerprint density at radius 2 is 1.33 bits per heavy atom. The average molecular weight is 193 g/mol. The van der Waals surface area contributed by atoms with E-state index in [1.807, 2.05) is 44.2 Å². The van der Waals surface area contributed by atoms with Crippen molar-refractivity contribution in [2.75, 3.05) is 0 Å². The summed E-state index contributed by atoms with van der Waals surface area (Å²) in [6.45, 7) is 4.00. The molecule has 0 fully saturated rings. The van der Waals surface area contributed by atoms with Crippen LogP contribution in [0.4, 0.5) is 0 Å². The number of hydrogen-bond donors (Lipinski definition) is 0. The van der Waals surface area contributed by atoms with Gasteiger partial charge in [-0.05, 0) is 0 Å². The molecule has 1 aromatic carbocycles. The molecule has 0 aromatic heterocycles. The van der Waals surface area contributed by atoms with E-state index in [4.69, 9.17) is 0 Å². The first-order valence-electron chi connectivity index (χ1n) is 2.91. The van der Waals surface area contributed by atoms with Crippen molar-refractivity contribution in [3.8, 4) is 0 Å². The van der Waals surface area contributed by atoms with Crippen LogP contribution in [0.5, 0.6) is 0 Å². The van der Waals surface area contributed by atoms with Gasteiger partial charge in [-0.1, -0.05) is 13.8 Å². The molecule has 0 saturated heterocycles. The van der Waals surface area contributed by atoms with Crippen molar-refractivity contribution in [3.05, 3.63) is 36.4 Å². The smallest absolute Gasteiger partial charge is 0.184 e. The molecule has 0 N–H and O–H groups in total. The molecule has 0 heterocycles. The third-order valence-corrected chi connectivity index (χ3v) is 0.607. The van der Waals surface area contributed by atoms with E-state index in [1.165, 1.54) is 0 Å². The Labute approximate surface area is 106 Å². The summed E-state index contributed by atoms with van der Waals surface area (Å²) in [5.74, 6) is 0. The summed E-state index contributed by atoms with van der Waals surface area (Å²) < 4.78 is 0. The van der Waals surface area contributed by atoms with E-state index in [9.17, 15) is 0 Å². The maximum absolute atomic E-state index is 2.89. The van der Waals surface area contributed by atoms with Crippen molar-refractivity contribution in [3.63, 3.8) is 0 Å². The largest absolute Gasteiger partial charge is 1.00 e. The average Bonchev–Trinajstić information content (AvgIpc) is 1.96. The van der Waals surface area contributed by atoms with Crippen LogP contribution in [0.25, 0.3) is 0 Å². The molecule has 1 aromatic rings. The van der Waals surface area contributed by atoms with Crippen LogP contribution in [0.1, 0.15) is 13.8 Å². The molecule has 0 bridgehead atoms. The molecule has 0 aliphatic heterocycles. The normalized spacial score (nSPS) is 6.00. The Bertz CT molecular complexity index is 76.5. The van der Waals surface area contributed by atoms with E-state index in [1.54, 1.807) is 0 Å². The summed E-state index contributed by atoms with van der Waals surface area (Å²) >= 11 is 0. The van der Waals surface area contributed by atoms with Gasteiger partial charge in [-0.3, -0.25) is 0 Å². The minimum absolute atomic E-state index is 0. The zero-order valence-electron chi connectivity index (χ0n) is 6.39. The van der Waals surface area contributed by atoms with Crippen LogP contribution < -0.4 is 58.2 Å². The molecule has 0 aliphatic rings. The molecule has 44 valence electrons. The van der Waals surface area contributed by atoms with Gasteiger partial charge in [0.05, 0.1) is 0 Å². The fourth-order valence-corrected chi connectivity index (χ4v) is 0.342. The number of hydrogen-bond acceptors (Lipinski definition) is 0. The Balaban J connectivity index is 0. The van der Waals surface area contributed by atoms with E-state index in [2.05, 4.69) is 6.07 Å². The Morgan fingerprint density at radius 3 is 1.44 bits per heavy atom. The van der Waals surface area contributed by atoms with Gasteiger partial charge in [0.15, 0.2) is 0 Å². The maximum atomic E-state index is 2.89. The molecule has 0 unspecified atom stereocenters. The van der Waals surface area contributed by atoms with E-state index < -0.39 is 0 Å². The molecular formula is C8H11Rb. The Kier molecular flexibility index (Phi) is 16.6. The van der Waals surface area contributed by atoms with Crippen molar-refractivity contribution >= 4 is 0 Å². The Hall–Kier alpha value is 1.03. The first-order valence-corrected chi connectivity index (χ1v) is 2.91. The van der Waals surface area contributed by atoms with Crippen LogP contribution in [-0.2, 0) is 0 Å². The summed E-state index contributed by atoms with van der Waals surface area (Å²) in [6.07, 6.45) is 0. The van der Waals surface area contributed by atoms with Gasteiger partial charge in [-0.25, -0.2) is 0 Å². The number of rotatable bonds is 0. The van der Waals surface area contributed by atoms with Crippen molar-refractivity contribution in [2.45, 2.75) is 13.8 Å². The molecule has 0 radical (unpaired) electrons. The zero-order valence-corrected chi connectivity index (χ0v) is 11.3. The summed E-state index contributed by atoms with van der Waals surface area (Å²) in [7, 11) is 0. The molecular weight excluding hydrogens is 182 g/mol. The van der Waals surface area contributed by atoms with Gasteiger partial charge >= 0.3 is 58.2 Å². The van der Waals surface area contributed by atoms with Crippen molar-refractivity contribution < 1.29 is 58.2 Å². The monoisotopic (exact) mass is 192 g/mol. The molecule has 0 spiro atoms. The van der Waals surface area contributed by atoms with Gasteiger partial charge in [0.1, 0.15) is 0 Å². The first-order chi connectivity index (χ1) is 4.00. The summed E-state index contributed by atoms with van der Waals surface area (Å²) in [5, 5.41) is 0. The van der Waals surface area contributed by atoms with E-state index in [-0.39, 0.29) is 58.2 Å². The van der Waals surface area contributed by atoms with Crippen molar-refractivity contribution in [2.24, 2.45) is 0 Å². The zero-order chi connectivity index (χ0) is 6.24. The van der Waals surface area contributed by atoms with Crippen LogP contribution in [0.3, 0.4) is 0 Å². The fourth-order valence-electron chi connectivity index (χ4n) is 0.342. The molecule has 9 heavy (non-hydrogen) atoms. The van der Waals surface area contributed by atoms with Crippen LogP contribution in [0.2, 0.25) is 0 Å². The van der Waals surface area contributed by atoms with Crippen LogP contribution in [0.15, 0.2) is 30.3 Å². The van der Waals surface area contributed by atoms with E-state index in [0.717, 1.165) is 0 Å². The molecule has 0 saturated carbocycles. The predicted molar refractivity (Wildman–Crippen MR) is 36.6 cm³/mol. The summed E-state index contributed by atoms with van der Waals surface area (Å²) in [4.78, 5) is 0. The minimum Gasteiger partial charge on any atom is -0.184 e. The van der Waals surface area contributed by atoms with Crippen LogP contribution in [-0.4, -0.2) is 0 Å². The maximum Gasteiger partial charge on any atom is 1.00 e. The van der Waals surface area contributed by atoms with Gasteiger partial charge in [-0.15, -0.1) is 0 Å². The van der Waals surface area contributed by atoms with Gasteiger partial charge in [0.25, 0.3) is 0 Å². The predicted octanol–water partition coefficient (Wildman–Crippen LogP) is -0.483. The topological polar surface area (TPSA) is 0 Å². The summed E-state index contributed by atoms with van der Waals surface area (Å²) in [5.41, 5.74) is 0. The fraction of sp³-hybridized carbons (Fsp3) is 0.250. The second-order valence-corrected chi connectivity index (χ2v) is 1.08.